The molecule has 0 radical (unpaired) electrons. The average Bonchev–Trinajstić information content (AvgIpc) is 2.54. The molecule has 0 spiro atoms. The van der Waals surface area contributed by atoms with Gasteiger partial charge < -0.3 is 5.73 Å². The minimum Gasteiger partial charge on any atom is -0.330 e. The summed E-state index contributed by atoms with van der Waals surface area (Å²) in [6, 6.07) is 2.21. The van der Waals surface area contributed by atoms with Gasteiger partial charge in [-0.25, -0.2) is 0 Å². The van der Waals surface area contributed by atoms with Crippen molar-refractivity contribution in [3.8, 4) is 0 Å². The van der Waals surface area contributed by atoms with Gasteiger partial charge in [0.05, 0.1) is 0 Å². The third-order valence-electron chi connectivity index (χ3n) is 2.52. The lowest BCUT2D eigenvalue weighted by Gasteiger charge is -2.13. The van der Waals surface area contributed by atoms with Gasteiger partial charge in [-0.2, -0.15) is 0 Å². The zero-order valence-electron chi connectivity index (χ0n) is 8.55. The summed E-state index contributed by atoms with van der Waals surface area (Å²) in [6.07, 6.45) is 3.63. The molecule has 1 heterocycles. The molecule has 0 aliphatic rings. The number of thiophene rings is 1. The zero-order chi connectivity index (χ0) is 9.68. The standard InChI is InChI=1S/C11H19NS/c1-3-10(5-4-7-12)11-9(2)6-8-13-11/h6,8,10H,3-5,7,12H2,1-2H3. The summed E-state index contributed by atoms with van der Waals surface area (Å²) in [5.41, 5.74) is 6.98. The van der Waals surface area contributed by atoms with Crippen molar-refractivity contribution in [2.45, 2.75) is 39.0 Å². The normalized spacial score (nSPS) is 13.2. The second-order valence-corrected chi connectivity index (χ2v) is 4.45. The fourth-order valence-corrected chi connectivity index (χ4v) is 2.84. The molecule has 0 amide bonds. The van der Waals surface area contributed by atoms with Crippen LogP contribution in [0.2, 0.25) is 0 Å². The number of rotatable bonds is 5. The lowest BCUT2D eigenvalue weighted by molar-refractivity contribution is 0.587. The van der Waals surface area contributed by atoms with Gasteiger partial charge in [0.15, 0.2) is 0 Å². The predicted molar refractivity (Wildman–Crippen MR) is 60.4 cm³/mol. The number of hydrogen-bond donors (Lipinski definition) is 1. The van der Waals surface area contributed by atoms with Crippen molar-refractivity contribution >= 4 is 11.3 Å². The largest absolute Gasteiger partial charge is 0.330 e. The highest BCUT2D eigenvalue weighted by molar-refractivity contribution is 7.10. The van der Waals surface area contributed by atoms with Crippen LogP contribution in [0.4, 0.5) is 0 Å². The summed E-state index contributed by atoms with van der Waals surface area (Å²) >= 11 is 1.89. The van der Waals surface area contributed by atoms with Crippen LogP contribution in [0.5, 0.6) is 0 Å². The molecule has 13 heavy (non-hydrogen) atoms. The SMILES string of the molecule is CCC(CCCN)c1sccc1C. The Balaban J connectivity index is 2.61. The van der Waals surface area contributed by atoms with Crippen molar-refractivity contribution in [1.82, 2.24) is 0 Å². The maximum absolute atomic E-state index is 5.53. The molecular formula is C11H19NS. The van der Waals surface area contributed by atoms with Crippen LogP contribution in [0, 0.1) is 6.92 Å². The van der Waals surface area contributed by atoms with Crippen molar-refractivity contribution in [1.29, 1.82) is 0 Å². The molecule has 0 aliphatic heterocycles. The molecule has 1 nitrogen and oxygen atoms in total. The molecule has 0 bridgehead atoms. The fourth-order valence-electron chi connectivity index (χ4n) is 1.69. The Morgan fingerprint density at radius 2 is 2.31 bits per heavy atom. The maximum atomic E-state index is 5.53. The minimum atomic E-state index is 0.739. The lowest BCUT2D eigenvalue weighted by atomic mass is 9.96. The average molecular weight is 197 g/mol. The summed E-state index contributed by atoms with van der Waals surface area (Å²) < 4.78 is 0. The van der Waals surface area contributed by atoms with Crippen LogP contribution >= 0.6 is 11.3 Å². The Hall–Kier alpha value is -0.340. The van der Waals surface area contributed by atoms with Crippen LogP contribution in [0.25, 0.3) is 0 Å². The second kappa shape index (κ2) is 5.40. The molecule has 0 saturated heterocycles. The highest BCUT2D eigenvalue weighted by Gasteiger charge is 2.12. The zero-order valence-corrected chi connectivity index (χ0v) is 9.36. The third-order valence-corrected chi connectivity index (χ3v) is 3.70. The van der Waals surface area contributed by atoms with Gasteiger partial charge in [0.25, 0.3) is 0 Å². The molecule has 1 unspecified atom stereocenters. The molecule has 0 aliphatic carbocycles. The number of aryl methyl sites for hydroxylation is 1. The Kier molecular flexibility index (Phi) is 4.46. The molecule has 0 saturated carbocycles. The molecule has 1 rings (SSSR count). The number of hydrogen-bond acceptors (Lipinski definition) is 2. The van der Waals surface area contributed by atoms with Gasteiger partial charge in [0.1, 0.15) is 0 Å². The molecule has 0 aromatic carbocycles. The van der Waals surface area contributed by atoms with Crippen molar-refractivity contribution in [2.24, 2.45) is 5.73 Å². The van der Waals surface area contributed by atoms with E-state index in [1.54, 1.807) is 4.88 Å². The Morgan fingerprint density at radius 1 is 1.54 bits per heavy atom. The first-order chi connectivity index (χ1) is 6.29. The Labute approximate surface area is 85.0 Å². The van der Waals surface area contributed by atoms with Gasteiger partial charge in [-0.05, 0) is 55.7 Å². The Bertz CT molecular complexity index is 242. The van der Waals surface area contributed by atoms with Crippen LogP contribution in [-0.2, 0) is 0 Å². The monoisotopic (exact) mass is 197 g/mol. The predicted octanol–water partition coefficient (Wildman–Crippen LogP) is 3.29. The van der Waals surface area contributed by atoms with E-state index in [9.17, 15) is 0 Å². The van der Waals surface area contributed by atoms with E-state index in [2.05, 4.69) is 25.3 Å². The molecule has 1 aromatic rings. The highest BCUT2D eigenvalue weighted by atomic mass is 32.1. The molecule has 74 valence electrons. The van der Waals surface area contributed by atoms with Gasteiger partial charge in [-0.15, -0.1) is 11.3 Å². The van der Waals surface area contributed by atoms with Gasteiger partial charge in [0, 0.05) is 4.88 Å². The maximum Gasteiger partial charge on any atom is 0.0105 e. The molecule has 1 atom stereocenters. The first-order valence-electron chi connectivity index (χ1n) is 5.03. The topological polar surface area (TPSA) is 26.0 Å². The number of nitrogens with two attached hydrogens (primary N) is 1. The first kappa shape index (κ1) is 10.7. The molecular weight excluding hydrogens is 178 g/mol. The van der Waals surface area contributed by atoms with Crippen LogP contribution in [-0.4, -0.2) is 6.54 Å². The minimum absolute atomic E-state index is 0.739. The first-order valence-corrected chi connectivity index (χ1v) is 5.91. The summed E-state index contributed by atoms with van der Waals surface area (Å²) in [5, 5.41) is 2.19. The van der Waals surface area contributed by atoms with E-state index in [-0.39, 0.29) is 0 Å². The van der Waals surface area contributed by atoms with Crippen LogP contribution < -0.4 is 5.73 Å². The van der Waals surface area contributed by atoms with E-state index < -0.39 is 0 Å². The summed E-state index contributed by atoms with van der Waals surface area (Å²) in [6.45, 7) is 5.29. The van der Waals surface area contributed by atoms with Gasteiger partial charge in [0.2, 0.25) is 0 Å². The molecule has 1 aromatic heterocycles. The molecule has 2 N–H and O–H groups in total. The van der Waals surface area contributed by atoms with E-state index >= 15 is 0 Å². The second-order valence-electron chi connectivity index (χ2n) is 3.50. The summed E-state index contributed by atoms with van der Waals surface area (Å²) in [5.74, 6) is 0.739. The quantitative estimate of drug-likeness (QED) is 0.770. The third kappa shape index (κ3) is 2.82. The van der Waals surface area contributed by atoms with E-state index in [0.717, 1.165) is 18.9 Å². The van der Waals surface area contributed by atoms with Crippen LogP contribution in [0.1, 0.15) is 42.5 Å². The van der Waals surface area contributed by atoms with Crippen molar-refractivity contribution in [2.75, 3.05) is 6.54 Å². The van der Waals surface area contributed by atoms with E-state index in [4.69, 9.17) is 5.73 Å². The van der Waals surface area contributed by atoms with Crippen LogP contribution in [0.15, 0.2) is 11.4 Å². The summed E-state index contributed by atoms with van der Waals surface area (Å²) in [4.78, 5) is 1.57. The van der Waals surface area contributed by atoms with Gasteiger partial charge >= 0.3 is 0 Å². The smallest absolute Gasteiger partial charge is 0.0105 e. The van der Waals surface area contributed by atoms with E-state index in [0.29, 0.717) is 0 Å². The van der Waals surface area contributed by atoms with Crippen LogP contribution in [0.3, 0.4) is 0 Å². The summed E-state index contributed by atoms with van der Waals surface area (Å²) in [7, 11) is 0. The van der Waals surface area contributed by atoms with E-state index in [1.165, 1.54) is 18.4 Å². The molecule has 0 fully saturated rings. The Morgan fingerprint density at radius 3 is 2.77 bits per heavy atom. The highest BCUT2D eigenvalue weighted by Crippen LogP contribution is 2.31. The fraction of sp³-hybridized carbons (Fsp3) is 0.636. The van der Waals surface area contributed by atoms with Gasteiger partial charge in [-0.3, -0.25) is 0 Å². The van der Waals surface area contributed by atoms with Crippen molar-refractivity contribution < 1.29 is 0 Å². The molecule has 2 heteroatoms. The lowest BCUT2D eigenvalue weighted by Crippen LogP contribution is -2.03. The van der Waals surface area contributed by atoms with E-state index in [1.807, 2.05) is 11.3 Å². The van der Waals surface area contributed by atoms with Crippen molar-refractivity contribution in [3.05, 3.63) is 21.9 Å². The van der Waals surface area contributed by atoms with Crippen molar-refractivity contribution in [3.63, 3.8) is 0 Å². The van der Waals surface area contributed by atoms with Gasteiger partial charge in [-0.1, -0.05) is 6.92 Å².